The van der Waals surface area contributed by atoms with Gasteiger partial charge in [0.05, 0.1) is 23.2 Å². The summed E-state index contributed by atoms with van der Waals surface area (Å²) >= 11 is 1.67. The number of rotatable bonds is 9. The van der Waals surface area contributed by atoms with Crippen molar-refractivity contribution in [2.45, 2.75) is 87.8 Å². The highest BCUT2D eigenvalue weighted by molar-refractivity contribution is 8.02. The molecule has 7 nitrogen and oxygen atoms in total. The molecule has 3 aliphatic rings. The topological polar surface area (TPSA) is 95.9 Å². The van der Waals surface area contributed by atoms with Crippen LogP contribution in [0.2, 0.25) is 0 Å². The van der Waals surface area contributed by atoms with E-state index in [0.717, 1.165) is 38.5 Å². The van der Waals surface area contributed by atoms with Crippen LogP contribution in [0.25, 0.3) is 0 Å². The van der Waals surface area contributed by atoms with E-state index in [4.69, 9.17) is 9.84 Å². The van der Waals surface area contributed by atoms with Crippen LogP contribution in [0.5, 0.6) is 0 Å². The van der Waals surface area contributed by atoms with Crippen LogP contribution < -0.4 is 5.32 Å². The predicted molar refractivity (Wildman–Crippen MR) is 116 cm³/mol. The zero-order valence-electron chi connectivity index (χ0n) is 18.6. The summed E-state index contributed by atoms with van der Waals surface area (Å²) in [6, 6.07) is -0.554. The SMILES string of the molecule is CCOC(=O)[C@@H]1[C@H]2C(=O)N(CCCCCCO)C(C(=O)NC(C)(C)C)C23CC[C@H]1S3. The third kappa shape index (κ3) is 4.22. The van der Waals surface area contributed by atoms with Gasteiger partial charge < -0.3 is 20.1 Å². The van der Waals surface area contributed by atoms with Gasteiger partial charge in [-0.2, -0.15) is 0 Å². The minimum absolute atomic E-state index is 0.0506. The lowest BCUT2D eigenvalue weighted by Crippen LogP contribution is -2.57. The molecule has 2 amide bonds. The number of hydrogen-bond acceptors (Lipinski definition) is 6. The summed E-state index contributed by atoms with van der Waals surface area (Å²) in [5.41, 5.74) is -0.399. The molecule has 2 bridgehead atoms. The minimum Gasteiger partial charge on any atom is -0.466 e. The van der Waals surface area contributed by atoms with Crippen molar-refractivity contribution in [1.82, 2.24) is 10.2 Å². The first kappa shape index (κ1) is 23.4. The first-order valence-corrected chi connectivity index (χ1v) is 12.1. The number of thioether (sulfide) groups is 1. The van der Waals surface area contributed by atoms with Gasteiger partial charge in [-0.05, 0) is 53.4 Å². The van der Waals surface area contributed by atoms with Crippen molar-refractivity contribution in [3.8, 4) is 0 Å². The fourth-order valence-corrected chi connectivity index (χ4v) is 7.59. The molecule has 2 unspecified atom stereocenters. The van der Waals surface area contributed by atoms with E-state index in [1.54, 1.807) is 23.6 Å². The monoisotopic (exact) mass is 440 g/mol. The molecule has 30 heavy (non-hydrogen) atoms. The number of aliphatic hydroxyl groups is 1. The van der Waals surface area contributed by atoms with Crippen molar-refractivity contribution < 1.29 is 24.2 Å². The average Bonchev–Trinajstić information content (AvgIpc) is 3.28. The average molecular weight is 441 g/mol. The van der Waals surface area contributed by atoms with Crippen molar-refractivity contribution in [2.75, 3.05) is 19.8 Å². The number of unbranched alkanes of at least 4 members (excludes halogenated alkanes) is 3. The highest BCUT2D eigenvalue weighted by atomic mass is 32.2. The molecule has 0 aromatic carbocycles. The van der Waals surface area contributed by atoms with Crippen molar-refractivity contribution >= 4 is 29.5 Å². The molecule has 2 N–H and O–H groups in total. The summed E-state index contributed by atoms with van der Waals surface area (Å²) < 4.78 is 4.78. The van der Waals surface area contributed by atoms with Crippen LogP contribution >= 0.6 is 11.8 Å². The Kier molecular flexibility index (Phi) is 7.07. The normalized spacial score (nSPS) is 32.4. The molecule has 3 fully saturated rings. The molecular weight excluding hydrogens is 404 g/mol. The van der Waals surface area contributed by atoms with Gasteiger partial charge in [0.25, 0.3) is 0 Å². The lowest BCUT2D eigenvalue weighted by Gasteiger charge is -2.36. The van der Waals surface area contributed by atoms with Crippen molar-refractivity contribution in [2.24, 2.45) is 11.8 Å². The van der Waals surface area contributed by atoms with Gasteiger partial charge in [-0.15, -0.1) is 11.8 Å². The molecule has 5 atom stereocenters. The van der Waals surface area contributed by atoms with Crippen molar-refractivity contribution in [3.05, 3.63) is 0 Å². The summed E-state index contributed by atoms with van der Waals surface area (Å²) in [5, 5.41) is 12.1. The highest BCUT2D eigenvalue weighted by Crippen LogP contribution is 2.66. The van der Waals surface area contributed by atoms with Crippen LogP contribution in [0.15, 0.2) is 0 Å². The Morgan fingerprint density at radius 1 is 1.27 bits per heavy atom. The Labute approximate surface area is 183 Å². The van der Waals surface area contributed by atoms with E-state index in [2.05, 4.69) is 5.32 Å². The minimum atomic E-state index is -0.554. The number of carbonyl (C=O) groups is 3. The Morgan fingerprint density at radius 2 is 1.97 bits per heavy atom. The molecule has 3 heterocycles. The summed E-state index contributed by atoms with van der Waals surface area (Å²) in [6.45, 7) is 8.57. The standard InChI is InChI=1S/C22H36N2O5S/c1-5-29-20(28)15-14-10-11-22(30-14)16(15)19(27)24(12-8-6-7-9-13-25)17(22)18(26)23-21(2,3)4/h14-17,25H,5-13H2,1-4H3,(H,23,26)/t14-,15+,16+,17?,22?/m1/s1. The number of likely N-dealkylation sites (tertiary alicyclic amines) is 1. The van der Waals surface area contributed by atoms with Crippen molar-refractivity contribution in [3.63, 3.8) is 0 Å². The van der Waals surface area contributed by atoms with Crippen LogP contribution in [-0.2, 0) is 19.1 Å². The van der Waals surface area contributed by atoms with Gasteiger partial charge in [0, 0.05) is 23.9 Å². The maximum absolute atomic E-state index is 13.6. The number of nitrogens with zero attached hydrogens (tertiary/aromatic N) is 1. The molecule has 0 aromatic rings. The lowest BCUT2D eigenvalue weighted by atomic mass is 9.71. The van der Waals surface area contributed by atoms with E-state index in [0.29, 0.717) is 13.2 Å². The molecule has 3 saturated heterocycles. The number of nitrogens with one attached hydrogen (secondary N) is 1. The predicted octanol–water partition coefficient (Wildman–Crippen LogP) is 2.11. The Hall–Kier alpha value is -1.28. The maximum Gasteiger partial charge on any atom is 0.310 e. The van der Waals surface area contributed by atoms with Crippen LogP contribution in [0, 0.1) is 11.8 Å². The molecule has 0 aromatic heterocycles. The summed E-state index contributed by atoms with van der Waals surface area (Å²) in [4.78, 5) is 41.5. The molecule has 0 saturated carbocycles. The fraction of sp³-hybridized carbons (Fsp3) is 0.864. The van der Waals surface area contributed by atoms with E-state index < -0.39 is 28.2 Å². The van der Waals surface area contributed by atoms with E-state index in [1.165, 1.54) is 0 Å². The number of esters is 1. The number of ether oxygens (including phenoxy) is 1. The molecule has 1 spiro atoms. The lowest BCUT2D eigenvalue weighted by molar-refractivity contribution is -0.153. The second kappa shape index (κ2) is 9.07. The van der Waals surface area contributed by atoms with Gasteiger partial charge in [-0.25, -0.2) is 0 Å². The zero-order chi connectivity index (χ0) is 22.1. The third-order valence-corrected chi connectivity index (χ3v) is 8.36. The van der Waals surface area contributed by atoms with Gasteiger partial charge in [0.1, 0.15) is 6.04 Å². The zero-order valence-corrected chi connectivity index (χ0v) is 19.4. The largest absolute Gasteiger partial charge is 0.466 e. The molecule has 170 valence electrons. The molecule has 0 radical (unpaired) electrons. The van der Waals surface area contributed by atoms with Gasteiger partial charge in [-0.3, -0.25) is 14.4 Å². The summed E-state index contributed by atoms with van der Waals surface area (Å²) in [5.74, 6) is -1.42. The summed E-state index contributed by atoms with van der Waals surface area (Å²) in [6.07, 6.45) is 4.93. The smallest absolute Gasteiger partial charge is 0.310 e. The van der Waals surface area contributed by atoms with E-state index >= 15 is 0 Å². The quantitative estimate of drug-likeness (QED) is 0.421. The fourth-order valence-electron chi connectivity index (χ4n) is 5.39. The first-order valence-electron chi connectivity index (χ1n) is 11.2. The van der Waals surface area contributed by atoms with E-state index in [9.17, 15) is 14.4 Å². The first-order chi connectivity index (χ1) is 14.2. The molecule has 3 aliphatic heterocycles. The van der Waals surface area contributed by atoms with E-state index in [-0.39, 0.29) is 29.6 Å². The Balaban J connectivity index is 1.87. The van der Waals surface area contributed by atoms with Gasteiger partial charge >= 0.3 is 5.97 Å². The van der Waals surface area contributed by atoms with Crippen LogP contribution in [-0.4, -0.2) is 69.1 Å². The third-order valence-electron chi connectivity index (χ3n) is 6.41. The van der Waals surface area contributed by atoms with Gasteiger partial charge in [-0.1, -0.05) is 12.8 Å². The van der Waals surface area contributed by atoms with Crippen LogP contribution in [0.1, 0.15) is 66.2 Å². The Bertz CT molecular complexity index is 679. The molecule has 8 heteroatoms. The summed E-state index contributed by atoms with van der Waals surface area (Å²) in [7, 11) is 0. The number of fused-ring (bicyclic) bond motifs is 1. The highest BCUT2D eigenvalue weighted by Gasteiger charge is 2.73. The van der Waals surface area contributed by atoms with E-state index in [1.807, 2.05) is 20.8 Å². The maximum atomic E-state index is 13.6. The van der Waals surface area contributed by atoms with Crippen molar-refractivity contribution in [1.29, 1.82) is 0 Å². The molecular formula is C22H36N2O5S. The Morgan fingerprint density at radius 3 is 2.60 bits per heavy atom. The second-order valence-corrected chi connectivity index (χ2v) is 11.3. The number of aliphatic hydroxyl groups excluding tert-OH is 1. The molecule has 3 rings (SSSR count). The number of hydrogen-bond donors (Lipinski definition) is 2. The van der Waals surface area contributed by atoms with Gasteiger partial charge in [0.2, 0.25) is 11.8 Å². The second-order valence-electron chi connectivity index (χ2n) is 9.72. The van der Waals surface area contributed by atoms with Crippen LogP contribution in [0.3, 0.4) is 0 Å². The number of carbonyl (C=O) groups excluding carboxylic acids is 3. The number of amides is 2. The molecule has 0 aliphatic carbocycles. The van der Waals surface area contributed by atoms with Crippen LogP contribution in [0.4, 0.5) is 0 Å². The van der Waals surface area contributed by atoms with Gasteiger partial charge in [0.15, 0.2) is 0 Å².